The minimum atomic E-state index is 0.242. The molecule has 0 amide bonds. The molecule has 1 aromatic carbocycles. The van der Waals surface area contributed by atoms with Crippen molar-refractivity contribution in [3.8, 4) is 11.8 Å². The average Bonchev–Trinajstić information content (AvgIpc) is 2.62. The molecule has 1 aliphatic carbocycles. The quantitative estimate of drug-likeness (QED) is 0.523. The van der Waals surface area contributed by atoms with Gasteiger partial charge in [-0.15, -0.1) is 11.6 Å². The topological polar surface area (TPSA) is 17.1 Å². The van der Waals surface area contributed by atoms with Crippen molar-refractivity contribution >= 4 is 17.4 Å². The SMILES string of the molecule is O=C1CCc2c(C#CCCCl)cccc21. The van der Waals surface area contributed by atoms with Crippen molar-refractivity contribution in [3.63, 3.8) is 0 Å². The van der Waals surface area contributed by atoms with Gasteiger partial charge in [0.1, 0.15) is 0 Å². The van der Waals surface area contributed by atoms with Gasteiger partial charge in [-0.2, -0.15) is 0 Å². The number of ketones is 1. The predicted molar refractivity (Wildman–Crippen MR) is 61.3 cm³/mol. The van der Waals surface area contributed by atoms with Crippen LogP contribution in [0.4, 0.5) is 0 Å². The number of rotatable bonds is 1. The van der Waals surface area contributed by atoms with Gasteiger partial charge in [0.15, 0.2) is 5.78 Å². The third-order valence-electron chi connectivity index (χ3n) is 2.52. The molecule has 2 heteroatoms. The molecular weight excluding hydrogens is 208 g/mol. The second-order valence-corrected chi connectivity index (χ2v) is 3.87. The summed E-state index contributed by atoms with van der Waals surface area (Å²) < 4.78 is 0. The zero-order valence-corrected chi connectivity index (χ0v) is 9.10. The Kier molecular flexibility index (Phi) is 3.08. The molecule has 0 fully saturated rings. The van der Waals surface area contributed by atoms with E-state index in [0.29, 0.717) is 18.7 Å². The maximum Gasteiger partial charge on any atom is 0.163 e. The number of carbonyl (C=O) groups excluding carboxylic acids is 1. The molecule has 0 bridgehead atoms. The zero-order valence-electron chi connectivity index (χ0n) is 8.35. The van der Waals surface area contributed by atoms with Crippen LogP contribution in [0.5, 0.6) is 0 Å². The summed E-state index contributed by atoms with van der Waals surface area (Å²) in [5.74, 6) is 6.88. The van der Waals surface area contributed by atoms with Gasteiger partial charge in [0.2, 0.25) is 0 Å². The van der Waals surface area contributed by atoms with Crippen LogP contribution in [0.25, 0.3) is 0 Å². The van der Waals surface area contributed by atoms with Gasteiger partial charge in [0.25, 0.3) is 0 Å². The van der Waals surface area contributed by atoms with Crippen molar-refractivity contribution in [2.75, 3.05) is 5.88 Å². The van der Waals surface area contributed by atoms with Crippen LogP contribution in [0.2, 0.25) is 0 Å². The van der Waals surface area contributed by atoms with E-state index in [1.807, 2.05) is 18.2 Å². The zero-order chi connectivity index (χ0) is 10.7. The molecule has 0 N–H and O–H groups in total. The third-order valence-corrected chi connectivity index (χ3v) is 2.71. The standard InChI is InChI=1S/C13H11ClO/c14-9-2-1-4-10-5-3-6-12-11(10)7-8-13(12)15/h3,5-6H,2,7-9H2. The summed E-state index contributed by atoms with van der Waals surface area (Å²) in [5, 5.41) is 0. The van der Waals surface area contributed by atoms with Gasteiger partial charge in [-0.3, -0.25) is 4.79 Å². The number of hydrogen-bond donors (Lipinski definition) is 0. The summed E-state index contributed by atoms with van der Waals surface area (Å²) in [6.45, 7) is 0. The summed E-state index contributed by atoms with van der Waals surface area (Å²) in [4.78, 5) is 11.5. The van der Waals surface area contributed by atoms with Gasteiger partial charge in [-0.1, -0.05) is 24.0 Å². The normalized spacial score (nSPS) is 13.3. The Morgan fingerprint density at radius 1 is 1.33 bits per heavy atom. The molecule has 0 spiro atoms. The molecule has 76 valence electrons. The van der Waals surface area contributed by atoms with E-state index in [0.717, 1.165) is 23.1 Å². The lowest BCUT2D eigenvalue weighted by atomic mass is 10.0. The average molecular weight is 219 g/mol. The molecule has 1 aliphatic rings. The van der Waals surface area contributed by atoms with E-state index in [2.05, 4.69) is 11.8 Å². The largest absolute Gasteiger partial charge is 0.294 e. The van der Waals surface area contributed by atoms with Gasteiger partial charge in [0.05, 0.1) is 0 Å². The molecule has 0 saturated heterocycles. The lowest BCUT2D eigenvalue weighted by molar-refractivity contribution is 0.0994. The Morgan fingerprint density at radius 2 is 2.20 bits per heavy atom. The monoisotopic (exact) mass is 218 g/mol. The first-order valence-corrected chi connectivity index (χ1v) is 5.56. The molecule has 0 unspecified atom stereocenters. The van der Waals surface area contributed by atoms with E-state index in [4.69, 9.17) is 11.6 Å². The Morgan fingerprint density at radius 3 is 3.00 bits per heavy atom. The fourth-order valence-electron chi connectivity index (χ4n) is 1.81. The minimum Gasteiger partial charge on any atom is -0.294 e. The summed E-state index contributed by atoms with van der Waals surface area (Å²) in [6, 6.07) is 5.75. The number of alkyl halides is 1. The Bertz CT molecular complexity index is 451. The van der Waals surface area contributed by atoms with E-state index in [9.17, 15) is 4.79 Å². The first-order chi connectivity index (χ1) is 7.33. The number of carbonyl (C=O) groups is 1. The van der Waals surface area contributed by atoms with Gasteiger partial charge in [-0.25, -0.2) is 0 Å². The molecule has 0 aliphatic heterocycles. The first kappa shape index (κ1) is 10.3. The summed E-state index contributed by atoms with van der Waals surface area (Å²) in [5.41, 5.74) is 2.96. The van der Waals surface area contributed by atoms with Crippen molar-refractivity contribution in [3.05, 3.63) is 34.9 Å². The van der Waals surface area contributed by atoms with E-state index < -0.39 is 0 Å². The van der Waals surface area contributed by atoms with Crippen LogP contribution < -0.4 is 0 Å². The van der Waals surface area contributed by atoms with E-state index >= 15 is 0 Å². The first-order valence-electron chi connectivity index (χ1n) is 5.03. The number of hydrogen-bond acceptors (Lipinski definition) is 1. The van der Waals surface area contributed by atoms with Crippen molar-refractivity contribution in [2.45, 2.75) is 19.3 Å². The number of benzene rings is 1. The highest BCUT2D eigenvalue weighted by molar-refractivity contribution is 6.18. The van der Waals surface area contributed by atoms with Crippen molar-refractivity contribution in [2.24, 2.45) is 0 Å². The molecule has 15 heavy (non-hydrogen) atoms. The van der Waals surface area contributed by atoms with Crippen molar-refractivity contribution in [1.82, 2.24) is 0 Å². The fraction of sp³-hybridized carbons (Fsp3) is 0.308. The van der Waals surface area contributed by atoms with Gasteiger partial charge < -0.3 is 0 Å². The second kappa shape index (κ2) is 4.51. The van der Waals surface area contributed by atoms with E-state index in [1.165, 1.54) is 0 Å². The van der Waals surface area contributed by atoms with Gasteiger partial charge in [-0.05, 0) is 18.1 Å². The van der Waals surface area contributed by atoms with Crippen LogP contribution in [0.1, 0.15) is 34.3 Å². The molecule has 0 heterocycles. The van der Waals surface area contributed by atoms with Crippen LogP contribution in [-0.2, 0) is 6.42 Å². The molecule has 0 aromatic heterocycles. The van der Waals surface area contributed by atoms with Gasteiger partial charge >= 0.3 is 0 Å². The molecule has 0 saturated carbocycles. The summed E-state index contributed by atoms with van der Waals surface area (Å²) in [7, 11) is 0. The highest BCUT2D eigenvalue weighted by Crippen LogP contribution is 2.24. The fourth-order valence-corrected chi connectivity index (χ4v) is 1.91. The Balaban J connectivity index is 2.35. The molecule has 1 nitrogen and oxygen atoms in total. The second-order valence-electron chi connectivity index (χ2n) is 3.50. The van der Waals surface area contributed by atoms with Crippen LogP contribution >= 0.6 is 11.6 Å². The maximum absolute atomic E-state index is 11.5. The predicted octanol–water partition coefficient (Wildman–Crippen LogP) is 2.80. The van der Waals surface area contributed by atoms with E-state index in [-0.39, 0.29) is 5.78 Å². The Hall–Kier alpha value is -1.26. The number of Topliss-reactive ketones (excluding diaryl/α,β-unsaturated/α-hetero) is 1. The summed E-state index contributed by atoms with van der Waals surface area (Å²) >= 11 is 5.55. The minimum absolute atomic E-state index is 0.242. The van der Waals surface area contributed by atoms with Crippen LogP contribution in [0.15, 0.2) is 18.2 Å². The molecular formula is C13H11ClO. The van der Waals surface area contributed by atoms with Crippen LogP contribution in [0, 0.1) is 11.8 Å². The molecule has 2 rings (SSSR count). The highest BCUT2D eigenvalue weighted by atomic mass is 35.5. The van der Waals surface area contributed by atoms with Crippen LogP contribution in [-0.4, -0.2) is 11.7 Å². The maximum atomic E-state index is 11.5. The highest BCUT2D eigenvalue weighted by Gasteiger charge is 2.20. The van der Waals surface area contributed by atoms with Gasteiger partial charge in [0, 0.05) is 29.8 Å². The van der Waals surface area contributed by atoms with Crippen LogP contribution in [0.3, 0.4) is 0 Å². The number of halogens is 1. The lowest BCUT2D eigenvalue weighted by Gasteiger charge is -1.99. The van der Waals surface area contributed by atoms with Crippen molar-refractivity contribution < 1.29 is 4.79 Å². The third kappa shape index (κ3) is 2.06. The lowest BCUT2D eigenvalue weighted by Crippen LogP contribution is -1.92. The van der Waals surface area contributed by atoms with E-state index in [1.54, 1.807) is 0 Å². The molecule has 0 radical (unpaired) electrons. The summed E-state index contributed by atoms with van der Waals surface area (Å²) in [6.07, 6.45) is 2.16. The molecule has 0 atom stereocenters. The Labute approximate surface area is 94.4 Å². The number of fused-ring (bicyclic) bond motifs is 1. The van der Waals surface area contributed by atoms with Crippen molar-refractivity contribution in [1.29, 1.82) is 0 Å². The molecule has 1 aromatic rings. The smallest absolute Gasteiger partial charge is 0.163 e.